The maximum Gasteiger partial charge on any atom is 0.305 e. The average molecular weight is 537 g/mol. The van der Waals surface area contributed by atoms with E-state index in [1.165, 1.54) is 0 Å². The molecule has 0 bridgehead atoms. The normalized spacial score (nSPS) is 46.8. The summed E-state index contributed by atoms with van der Waals surface area (Å²) in [6.45, 7) is 17.1. The third-order valence-electron chi connectivity index (χ3n) is 12.8. The number of esters is 1. The van der Waals surface area contributed by atoms with Crippen LogP contribution in [0.2, 0.25) is 0 Å². The molecule has 1 aliphatic heterocycles. The first-order valence-corrected chi connectivity index (χ1v) is 15.4. The maximum atomic E-state index is 12.5. The molecule has 4 aliphatic rings. The van der Waals surface area contributed by atoms with Crippen LogP contribution in [0.5, 0.6) is 0 Å². The molecule has 38 heavy (non-hydrogen) atoms. The molecule has 0 amide bonds. The molecule has 0 aromatic carbocycles. The van der Waals surface area contributed by atoms with Crippen molar-refractivity contribution in [3.8, 4) is 0 Å². The lowest BCUT2D eigenvalue weighted by Gasteiger charge is -2.67. The van der Waals surface area contributed by atoms with Crippen molar-refractivity contribution in [2.24, 2.45) is 39.9 Å². The highest BCUT2D eigenvalue weighted by atomic mass is 16.5. The van der Waals surface area contributed by atoms with Crippen molar-refractivity contribution in [1.29, 1.82) is 0 Å². The van der Waals surface area contributed by atoms with E-state index in [1.54, 1.807) is 6.92 Å². The minimum Gasteiger partial charge on any atom is -0.466 e. The molecule has 6 nitrogen and oxygen atoms in total. The molecule has 6 heteroatoms. The Kier molecular flexibility index (Phi) is 7.96. The minimum absolute atomic E-state index is 0.0702. The van der Waals surface area contributed by atoms with Gasteiger partial charge in [0.15, 0.2) is 0 Å². The first-order chi connectivity index (χ1) is 17.5. The van der Waals surface area contributed by atoms with Gasteiger partial charge in [-0.2, -0.15) is 0 Å². The Labute approximate surface area is 231 Å². The van der Waals surface area contributed by atoms with Gasteiger partial charge < -0.3 is 24.8 Å². The Morgan fingerprint density at radius 3 is 2.16 bits per heavy atom. The third kappa shape index (κ3) is 4.67. The molecule has 10 atom stereocenters. The van der Waals surface area contributed by atoms with E-state index in [1.807, 2.05) is 20.8 Å². The van der Waals surface area contributed by atoms with Crippen molar-refractivity contribution in [3.63, 3.8) is 0 Å². The number of ether oxygens (including phenoxy) is 2. The molecule has 0 aromatic heterocycles. The lowest BCUT2D eigenvalue weighted by Crippen LogP contribution is -2.63. The van der Waals surface area contributed by atoms with Gasteiger partial charge in [0.05, 0.1) is 36.1 Å². The van der Waals surface area contributed by atoms with Crippen LogP contribution < -0.4 is 0 Å². The Bertz CT molecular complexity index is 880. The quantitative estimate of drug-likeness (QED) is 0.347. The van der Waals surface area contributed by atoms with Crippen molar-refractivity contribution in [2.45, 2.75) is 143 Å². The number of hydrogen-bond donors (Lipinski definition) is 3. The van der Waals surface area contributed by atoms with Crippen LogP contribution in [0.3, 0.4) is 0 Å². The summed E-state index contributed by atoms with van der Waals surface area (Å²) in [6.07, 6.45) is 9.18. The number of aliphatic hydroxyl groups excluding tert-OH is 1. The van der Waals surface area contributed by atoms with E-state index in [9.17, 15) is 20.1 Å². The maximum absolute atomic E-state index is 12.5. The van der Waals surface area contributed by atoms with Gasteiger partial charge in [0.1, 0.15) is 0 Å². The summed E-state index contributed by atoms with van der Waals surface area (Å²) in [7, 11) is 0. The highest BCUT2D eigenvalue weighted by molar-refractivity contribution is 5.69. The molecule has 220 valence electrons. The van der Waals surface area contributed by atoms with E-state index in [2.05, 4.69) is 27.7 Å². The SMILES string of the molecule is CCOC(=O)CC[C@@]1(C)[C@H]([C@](C)(O)CO)CC[C@]2(C)[C@@H]1CC[C@@H]1[C@@H]([C@]3(C)CC[C@H](C(C)(C)O)O3)CC[C@]12C. The Balaban J connectivity index is 1.65. The number of fused-ring (bicyclic) bond motifs is 3. The number of carbonyl (C=O) groups excluding carboxylic acids is 1. The van der Waals surface area contributed by atoms with Gasteiger partial charge in [-0.05, 0) is 132 Å². The molecular weight excluding hydrogens is 480 g/mol. The first-order valence-electron chi connectivity index (χ1n) is 15.4. The molecule has 0 spiro atoms. The van der Waals surface area contributed by atoms with E-state index < -0.39 is 11.2 Å². The van der Waals surface area contributed by atoms with E-state index >= 15 is 0 Å². The topological polar surface area (TPSA) is 96.2 Å². The zero-order valence-corrected chi connectivity index (χ0v) is 25.4. The highest BCUT2D eigenvalue weighted by Crippen LogP contribution is 2.74. The predicted molar refractivity (Wildman–Crippen MR) is 148 cm³/mol. The second kappa shape index (κ2) is 9.99. The lowest BCUT2D eigenvalue weighted by molar-refractivity contribution is -0.220. The van der Waals surface area contributed by atoms with Gasteiger partial charge in [-0.15, -0.1) is 0 Å². The standard InChI is InChI=1S/C32H56O6/c1-9-37-26(34)15-16-28(4)23-11-10-21-22(32(8)19-14-25(38-32)27(2,3)35)12-17-29(21,5)30(23,6)18-13-24(28)31(7,36)20-33/h21-25,33,35-36H,9-20H2,1-8H3/t21-,22+,23-,24-,25-,28-,29-,30-,31-,32+/m1/s1. The van der Waals surface area contributed by atoms with Crippen molar-refractivity contribution in [2.75, 3.05) is 13.2 Å². The highest BCUT2D eigenvalue weighted by Gasteiger charge is 2.69. The number of rotatable bonds is 8. The zero-order chi connectivity index (χ0) is 28.4. The fourth-order valence-corrected chi connectivity index (χ4v) is 10.6. The number of aliphatic hydroxyl groups is 3. The van der Waals surface area contributed by atoms with Crippen molar-refractivity contribution < 1.29 is 29.6 Å². The summed E-state index contributed by atoms with van der Waals surface area (Å²) in [6, 6.07) is 0. The van der Waals surface area contributed by atoms with E-state index in [0.29, 0.717) is 37.2 Å². The third-order valence-corrected chi connectivity index (χ3v) is 12.8. The Hall–Kier alpha value is -0.690. The molecule has 3 N–H and O–H groups in total. The van der Waals surface area contributed by atoms with Crippen molar-refractivity contribution in [3.05, 3.63) is 0 Å². The fraction of sp³-hybridized carbons (Fsp3) is 0.969. The van der Waals surface area contributed by atoms with Crippen LogP contribution in [0.25, 0.3) is 0 Å². The molecule has 0 aromatic rings. The molecule has 3 saturated carbocycles. The zero-order valence-electron chi connectivity index (χ0n) is 25.4. The average Bonchev–Trinajstić information content (AvgIpc) is 3.40. The van der Waals surface area contributed by atoms with Gasteiger partial charge in [0.2, 0.25) is 0 Å². The summed E-state index contributed by atoms with van der Waals surface area (Å²) in [5, 5.41) is 32.2. The van der Waals surface area contributed by atoms with Crippen LogP contribution in [-0.4, -0.2) is 57.4 Å². The summed E-state index contributed by atoms with van der Waals surface area (Å²) in [4.78, 5) is 12.5. The molecular formula is C32H56O6. The van der Waals surface area contributed by atoms with Crippen LogP contribution in [0.15, 0.2) is 0 Å². The smallest absolute Gasteiger partial charge is 0.305 e. The van der Waals surface area contributed by atoms with Crippen LogP contribution in [0.1, 0.15) is 120 Å². The van der Waals surface area contributed by atoms with Gasteiger partial charge in [-0.3, -0.25) is 4.79 Å². The lowest BCUT2D eigenvalue weighted by atomic mass is 9.37. The van der Waals surface area contributed by atoms with E-state index in [-0.39, 0.29) is 46.4 Å². The largest absolute Gasteiger partial charge is 0.466 e. The number of hydrogen-bond acceptors (Lipinski definition) is 6. The second-order valence-electron chi connectivity index (χ2n) is 15.2. The van der Waals surface area contributed by atoms with Crippen molar-refractivity contribution >= 4 is 5.97 Å². The monoisotopic (exact) mass is 536 g/mol. The molecule has 4 fully saturated rings. The second-order valence-corrected chi connectivity index (χ2v) is 15.2. The molecule has 4 rings (SSSR count). The van der Waals surface area contributed by atoms with E-state index in [4.69, 9.17) is 9.47 Å². The van der Waals surface area contributed by atoms with Crippen molar-refractivity contribution in [1.82, 2.24) is 0 Å². The summed E-state index contributed by atoms with van der Waals surface area (Å²) < 4.78 is 12.0. The fourth-order valence-electron chi connectivity index (χ4n) is 10.6. The molecule has 0 unspecified atom stereocenters. The van der Waals surface area contributed by atoms with Crippen LogP contribution in [-0.2, 0) is 14.3 Å². The molecule has 3 aliphatic carbocycles. The molecule has 1 heterocycles. The van der Waals surface area contributed by atoms with Gasteiger partial charge in [0, 0.05) is 6.42 Å². The Morgan fingerprint density at radius 1 is 0.921 bits per heavy atom. The van der Waals surface area contributed by atoms with E-state index in [0.717, 1.165) is 51.4 Å². The number of carbonyl (C=O) groups is 1. The minimum atomic E-state index is -1.18. The van der Waals surface area contributed by atoms with Gasteiger partial charge in [-0.25, -0.2) is 0 Å². The summed E-state index contributed by atoms with van der Waals surface area (Å²) >= 11 is 0. The summed E-state index contributed by atoms with van der Waals surface area (Å²) in [5.74, 6) is 1.13. The van der Waals surface area contributed by atoms with Crippen LogP contribution in [0, 0.1) is 39.9 Å². The van der Waals surface area contributed by atoms with Crippen LogP contribution in [0.4, 0.5) is 0 Å². The summed E-state index contributed by atoms with van der Waals surface area (Å²) in [5.41, 5.74) is -2.29. The Morgan fingerprint density at radius 2 is 1.58 bits per heavy atom. The predicted octanol–water partition coefficient (Wildman–Crippen LogP) is 5.65. The molecule has 0 radical (unpaired) electrons. The first kappa shape index (κ1) is 30.3. The van der Waals surface area contributed by atoms with Gasteiger partial charge >= 0.3 is 5.97 Å². The van der Waals surface area contributed by atoms with Gasteiger partial charge in [0.25, 0.3) is 0 Å². The van der Waals surface area contributed by atoms with Gasteiger partial charge in [-0.1, -0.05) is 20.8 Å². The van der Waals surface area contributed by atoms with Crippen LogP contribution >= 0.6 is 0 Å². The molecule has 1 saturated heterocycles.